The van der Waals surface area contributed by atoms with Crippen LogP contribution in [-0.2, 0) is 18.5 Å². The Kier molecular flexibility index (Phi) is 7.03. The highest BCUT2D eigenvalue weighted by atomic mass is 32.1. The number of pyridine rings is 1. The number of aromatic nitrogens is 3. The largest absolute Gasteiger partial charge is 0.349 e. The van der Waals surface area contributed by atoms with Crippen molar-refractivity contribution in [3.63, 3.8) is 0 Å². The molecule has 3 aromatic rings. The zero-order valence-corrected chi connectivity index (χ0v) is 23.2. The number of hydrogen-bond acceptors (Lipinski definition) is 8. The molecule has 5 rings (SSSR count). The highest BCUT2D eigenvalue weighted by molar-refractivity contribution is 7.14. The molecule has 1 aliphatic heterocycles. The van der Waals surface area contributed by atoms with Crippen LogP contribution >= 0.6 is 22.7 Å². The Hall–Kier alpha value is -2.89. The number of hydrogen-bond donors (Lipinski definition) is 2. The normalized spacial score (nSPS) is 15.5. The second-order valence-corrected chi connectivity index (χ2v) is 12.3. The molecule has 9 nitrogen and oxygen atoms in total. The topological polar surface area (TPSA) is 109 Å². The molecule has 0 aromatic carbocycles. The molecule has 3 aromatic heterocycles. The fourth-order valence-electron chi connectivity index (χ4n) is 4.65. The highest BCUT2D eigenvalue weighted by Crippen LogP contribution is 2.50. The average molecular weight is 541 g/mol. The van der Waals surface area contributed by atoms with Crippen molar-refractivity contribution in [2.75, 3.05) is 27.2 Å². The summed E-state index contributed by atoms with van der Waals surface area (Å²) in [5.74, 6) is 0.175. The third-order valence-corrected chi connectivity index (χ3v) is 8.57. The maximum absolute atomic E-state index is 13.3. The predicted octanol–water partition coefficient (Wildman–Crippen LogP) is 3.09. The summed E-state index contributed by atoms with van der Waals surface area (Å²) in [4.78, 5) is 49.9. The first-order valence-electron chi connectivity index (χ1n) is 12.6. The van der Waals surface area contributed by atoms with E-state index in [-0.39, 0.29) is 22.9 Å². The van der Waals surface area contributed by atoms with Gasteiger partial charge in [0.15, 0.2) is 0 Å². The lowest BCUT2D eigenvalue weighted by molar-refractivity contribution is 0.0940. The van der Waals surface area contributed by atoms with E-state index in [2.05, 4.69) is 29.5 Å². The monoisotopic (exact) mass is 540 g/mol. The standard InChI is InChI=1S/C26H32N6O3S2/c1-15(2)5-6-19-22-16(26(7-8-26)30-24(22)35)11-21(33)32(19)12-20-28-18(14-36-20)25-29-17(13-37-25)23(34)27-9-10-31(3)4/h11,13-15H,5-10,12H2,1-4H3,(H,27,34)(H,30,35). The molecule has 2 amide bonds. The minimum atomic E-state index is -0.326. The molecule has 0 radical (unpaired) electrons. The van der Waals surface area contributed by atoms with E-state index in [0.717, 1.165) is 42.1 Å². The van der Waals surface area contributed by atoms with E-state index >= 15 is 0 Å². The van der Waals surface area contributed by atoms with Crippen LogP contribution in [-0.4, -0.2) is 58.4 Å². The molecule has 11 heteroatoms. The minimum absolute atomic E-state index is 0.0704. The van der Waals surface area contributed by atoms with Crippen LogP contribution in [0.2, 0.25) is 0 Å². The summed E-state index contributed by atoms with van der Waals surface area (Å²) in [7, 11) is 3.91. The van der Waals surface area contributed by atoms with Gasteiger partial charge in [-0.1, -0.05) is 13.8 Å². The Labute approximate surface area is 224 Å². The first kappa shape index (κ1) is 25.7. The highest BCUT2D eigenvalue weighted by Gasteiger charge is 2.53. The molecule has 37 heavy (non-hydrogen) atoms. The molecule has 196 valence electrons. The molecule has 4 heterocycles. The number of nitrogens with one attached hydrogen (secondary N) is 2. The van der Waals surface area contributed by atoms with Gasteiger partial charge in [-0.2, -0.15) is 0 Å². The molecule has 1 aliphatic carbocycles. The molecule has 2 N–H and O–H groups in total. The van der Waals surface area contributed by atoms with Crippen molar-refractivity contribution in [3.8, 4) is 10.7 Å². The van der Waals surface area contributed by atoms with E-state index in [1.807, 2.05) is 24.4 Å². The van der Waals surface area contributed by atoms with Crippen LogP contribution in [0.15, 0.2) is 21.6 Å². The van der Waals surface area contributed by atoms with Gasteiger partial charge in [0.2, 0.25) is 0 Å². The Morgan fingerprint density at radius 1 is 1.22 bits per heavy atom. The molecule has 1 saturated carbocycles. The van der Waals surface area contributed by atoms with E-state index in [1.165, 1.54) is 22.7 Å². The van der Waals surface area contributed by atoms with Gasteiger partial charge >= 0.3 is 0 Å². The molecule has 0 unspecified atom stereocenters. The fraction of sp³-hybridized carbons (Fsp3) is 0.500. The van der Waals surface area contributed by atoms with E-state index in [9.17, 15) is 14.4 Å². The van der Waals surface area contributed by atoms with Gasteiger partial charge in [0.25, 0.3) is 17.4 Å². The molecule has 0 atom stereocenters. The van der Waals surface area contributed by atoms with Crippen molar-refractivity contribution in [1.82, 2.24) is 30.1 Å². The number of amides is 2. The number of likely N-dealkylation sites (N-methyl/N-ethyl adjacent to an activating group) is 1. The molecule has 0 bridgehead atoms. The summed E-state index contributed by atoms with van der Waals surface area (Å²) in [6.07, 6.45) is 3.32. The van der Waals surface area contributed by atoms with Crippen LogP contribution in [0.25, 0.3) is 10.7 Å². The number of fused-ring (bicyclic) bond motifs is 2. The van der Waals surface area contributed by atoms with E-state index in [1.54, 1.807) is 16.0 Å². The summed E-state index contributed by atoms with van der Waals surface area (Å²) in [5.41, 5.74) is 3.00. The molecule has 0 saturated heterocycles. The zero-order valence-electron chi connectivity index (χ0n) is 21.6. The molecule has 1 spiro atoms. The van der Waals surface area contributed by atoms with Crippen molar-refractivity contribution >= 4 is 34.5 Å². The Bertz CT molecular complexity index is 1400. The molecule has 1 fully saturated rings. The SMILES string of the molecule is CC(C)CCc1c2c(cc(=O)n1Cc1nc(-c3nc(C(=O)NCCN(C)C)cs3)cs1)C1(CC1)NC2=O. The van der Waals surface area contributed by atoms with Gasteiger partial charge in [-0.05, 0) is 51.3 Å². The quantitative estimate of drug-likeness (QED) is 0.409. The van der Waals surface area contributed by atoms with Crippen LogP contribution in [0.3, 0.4) is 0 Å². The maximum Gasteiger partial charge on any atom is 0.270 e. The van der Waals surface area contributed by atoms with Gasteiger partial charge in [-0.25, -0.2) is 9.97 Å². The molecular formula is C26H32N6O3S2. The lowest BCUT2D eigenvalue weighted by Gasteiger charge is -2.17. The number of carbonyl (C=O) groups is 2. The van der Waals surface area contributed by atoms with Gasteiger partial charge in [0.05, 0.1) is 17.6 Å². The van der Waals surface area contributed by atoms with Gasteiger partial charge in [0.1, 0.15) is 21.4 Å². The van der Waals surface area contributed by atoms with E-state index in [0.29, 0.717) is 47.4 Å². The van der Waals surface area contributed by atoms with Crippen molar-refractivity contribution in [1.29, 1.82) is 0 Å². The number of nitrogens with zero attached hydrogens (tertiary/aromatic N) is 4. The average Bonchev–Trinajstić information content (AvgIpc) is 3.17. The molecular weight excluding hydrogens is 508 g/mol. The van der Waals surface area contributed by atoms with Crippen LogP contribution in [0.1, 0.15) is 70.2 Å². The summed E-state index contributed by atoms with van der Waals surface area (Å²) in [6, 6.07) is 1.65. The summed E-state index contributed by atoms with van der Waals surface area (Å²) >= 11 is 2.82. The summed E-state index contributed by atoms with van der Waals surface area (Å²) < 4.78 is 1.72. The minimum Gasteiger partial charge on any atom is -0.349 e. The lowest BCUT2D eigenvalue weighted by atomic mass is 9.97. The first-order chi connectivity index (χ1) is 17.7. The lowest BCUT2D eigenvalue weighted by Crippen LogP contribution is -2.31. The van der Waals surface area contributed by atoms with E-state index in [4.69, 9.17) is 4.98 Å². The van der Waals surface area contributed by atoms with Crippen LogP contribution in [0.4, 0.5) is 0 Å². The third kappa shape index (κ3) is 5.25. The Balaban J connectivity index is 1.38. The van der Waals surface area contributed by atoms with Gasteiger partial charge in [-0.15, -0.1) is 22.7 Å². The number of rotatable bonds is 10. The van der Waals surface area contributed by atoms with Crippen LogP contribution in [0, 0.1) is 5.92 Å². The van der Waals surface area contributed by atoms with Crippen LogP contribution < -0.4 is 16.2 Å². The van der Waals surface area contributed by atoms with Crippen molar-refractivity contribution in [2.24, 2.45) is 5.92 Å². The summed E-state index contributed by atoms with van der Waals surface area (Å²) in [5, 5.41) is 11.1. The van der Waals surface area contributed by atoms with Crippen molar-refractivity contribution in [2.45, 2.75) is 51.6 Å². The Morgan fingerprint density at radius 2 is 2.00 bits per heavy atom. The smallest absolute Gasteiger partial charge is 0.270 e. The predicted molar refractivity (Wildman–Crippen MR) is 145 cm³/mol. The van der Waals surface area contributed by atoms with Crippen LogP contribution in [0.5, 0.6) is 0 Å². The zero-order chi connectivity index (χ0) is 26.3. The van der Waals surface area contributed by atoms with Gasteiger partial charge < -0.3 is 20.1 Å². The second kappa shape index (κ2) is 10.1. The van der Waals surface area contributed by atoms with E-state index < -0.39 is 0 Å². The number of carbonyl (C=O) groups excluding carboxylic acids is 2. The maximum atomic E-state index is 13.3. The van der Waals surface area contributed by atoms with Crippen molar-refractivity contribution < 1.29 is 9.59 Å². The first-order valence-corrected chi connectivity index (χ1v) is 14.4. The summed E-state index contributed by atoms with van der Waals surface area (Å²) in [6.45, 7) is 5.89. The number of thiazole rings is 2. The Morgan fingerprint density at radius 3 is 2.70 bits per heavy atom. The molecule has 2 aliphatic rings. The third-order valence-electron chi connectivity index (χ3n) is 6.87. The fourth-order valence-corrected chi connectivity index (χ4v) is 6.25. The van der Waals surface area contributed by atoms with Crippen molar-refractivity contribution in [3.05, 3.63) is 54.7 Å². The second-order valence-electron chi connectivity index (χ2n) is 10.5. The van der Waals surface area contributed by atoms with Gasteiger partial charge in [-0.3, -0.25) is 14.4 Å². The van der Waals surface area contributed by atoms with Gasteiger partial charge in [0, 0.05) is 35.6 Å².